The number of rotatable bonds is 2. The van der Waals surface area contributed by atoms with Crippen LogP contribution in [0.3, 0.4) is 0 Å². The molecule has 92 valence electrons. The maximum Gasteiger partial charge on any atom is 0.309 e. The Morgan fingerprint density at radius 1 is 1.53 bits per heavy atom. The van der Waals surface area contributed by atoms with Crippen LogP contribution in [0.25, 0.3) is 0 Å². The summed E-state index contributed by atoms with van der Waals surface area (Å²) in [6.07, 6.45) is 7.51. The second-order valence-electron chi connectivity index (χ2n) is 4.55. The Kier molecular flexibility index (Phi) is 3.05. The minimum atomic E-state index is -0.226. The number of nitrogens with zero attached hydrogens (tertiary/aromatic N) is 1. The summed E-state index contributed by atoms with van der Waals surface area (Å²) in [6, 6.07) is 0. The zero-order valence-electron chi connectivity index (χ0n) is 10.3. The summed E-state index contributed by atoms with van der Waals surface area (Å²) in [6.45, 7) is 1.90. The van der Waals surface area contributed by atoms with E-state index < -0.39 is 0 Å². The van der Waals surface area contributed by atoms with Crippen molar-refractivity contribution >= 4 is 11.9 Å². The molecule has 1 heterocycles. The summed E-state index contributed by atoms with van der Waals surface area (Å²) in [5.74, 6) is -0.498. The number of fused-ring (bicyclic) bond motifs is 1. The van der Waals surface area contributed by atoms with E-state index >= 15 is 0 Å². The normalized spacial score (nSPS) is 35.7. The lowest BCUT2D eigenvalue weighted by Gasteiger charge is -2.49. The number of ether oxygens (including phenoxy) is 1. The fourth-order valence-corrected chi connectivity index (χ4v) is 2.83. The molecule has 2 aliphatic rings. The van der Waals surface area contributed by atoms with Gasteiger partial charge in [0.1, 0.15) is 0 Å². The van der Waals surface area contributed by atoms with Crippen molar-refractivity contribution in [2.24, 2.45) is 23.7 Å². The smallest absolute Gasteiger partial charge is 0.309 e. The molecule has 1 aliphatic heterocycles. The lowest BCUT2D eigenvalue weighted by Crippen LogP contribution is -2.57. The first kappa shape index (κ1) is 11.9. The Bertz CT molecular complexity index is 399. The molecule has 4 atom stereocenters. The van der Waals surface area contributed by atoms with Crippen LogP contribution in [0.1, 0.15) is 6.92 Å². The van der Waals surface area contributed by atoms with Crippen LogP contribution in [-0.4, -0.2) is 30.9 Å². The summed E-state index contributed by atoms with van der Waals surface area (Å²) in [7, 11) is 3.14. The lowest BCUT2D eigenvalue weighted by molar-refractivity contribution is -0.163. The van der Waals surface area contributed by atoms with E-state index in [0.29, 0.717) is 0 Å². The molecule has 0 saturated heterocycles. The molecule has 1 fully saturated rings. The van der Waals surface area contributed by atoms with Crippen molar-refractivity contribution < 1.29 is 14.3 Å². The molecule has 0 spiro atoms. The first-order valence-corrected chi connectivity index (χ1v) is 5.77. The molecule has 0 bridgehead atoms. The molecule has 0 aromatic heterocycles. The summed E-state index contributed by atoms with van der Waals surface area (Å²) >= 11 is 0. The monoisotopic (exact) mass is 235 g/mol. The van der Waals surface area contributed by atoms with Crippen LogP contribution in [0.4, 0.5) is 0 Å². The topological polar surface area (TPSA) is 46.6 Å². The van der Waals surface area contributed by atoms with Crippen molar-refractivity contribution in [1.29, 1.82) is 0 Å². The Morgan fingerprint density at radius 3 is 2.82 bits per heavy atom. The number of amides is 1. The van der Waals surface area contributed by atoms with Gasteiger partial charge in [0, 0.05) is 25.1 Å². The van der Waals surface area contributed by atoms with Crippen LogP contribution in [0.15, 0.2) is 24.4 Å². The number of allylic oxidation sites excluding steroid dienone is 3. The van der Waals surface area contributed by atoms with Crippen molar-refractivity contribution in [3.63, 3.8) is 0 Å². The van der Waals surface area contributed by atoms with E-state index in [1.165, 1.54) is 7.11 Å². The Balaban J connectivity index is 2.28. The van der Waals surface area contributed by atoms with Crippen molar-refractivity contribution in [3.8, 4) is 0 Å². The third-order valence-corrected chi connectivity index (χ3v) is 3.71. The van der Waals surface area contributed by atoms with E-state index in [1.54, 1.807) is 18.1 Å². The zero-order valence-corrected chi connectivity index (χ0v) is 10.3. The van der Waals surface area contributed by atoms with E-state index in [1.807, 2.05) is 25.2 Å². The summed E-state index contributed by atoms with van der Waals surface area (Å²) in [5, 5.41) is 0. The number of carbonyl (C=O) groups excluding carboxylic acids is 2. The number of hydrogen-bond donors (Lipinski definition) is 0. The summed E-state index contributed by atoms with van der Waals surface area (Å²) in [4.78, 5) is 25.3. The van der Waals surface area contributed by atoms with Crippen molar-refractivity contribution in [1.82, 2.24) is 4.90 Å². The molecule has 2 rings (SSSR count). The standard InChI is InChI=1S/C13H17NO3/c1-4-5-8-10-9(11(8)13(16)17-3)6-7-14(2)12(10)15/h4-11H,1-3H3/b5-4+/t8-,9?,10?,11+/m0/s1. The number of esters is 1. The molecule has 4 heteroatoms. The highest BCUT2D eigenvalue weighted by molar-refractivity contribution is 5.87. The maximum atomic E-state index is 12.0. The van der Waals surface area contributed by atoms with Crippen LogP contribution in [-0.2, 0) is 14.3 Å². The molecular weight excluding hydrogens is 218 g/mol. The van der Waals surface area contributed by atoms with E-state index in [-0.39, 0.29) is 35.5 Å². The van der Waals surface area contributed by atoms with Gasteiger partial charge in [0.2, 0.25) is 5.91 Å². The quantitative estimate of drug-likeness (QED) is 0.533. The first-order valence-electron chi connectivity index (χ1n) is 5.77. The number of methoxy groups -OCH3 is 1. The van der Waals surface area contributed by atoms with Crippen LogP contribution >= 0.6 is 0 Å². The second kappa shape index (κ2) is 4.35. The average molecular weight is 235 g/mol. The molecule has 17 heavy (non-hydrogen) atoms. The fourth-order valence-electron chi connectivity index (χ4n) is 2.83. The van der Waals surface area contributed by atoms with Gasteiger partial charge in [-0.2, -0.15) is 0 Å². The molecule has 2 unspecified atom stereocenters. The second-order valence-corrected chi connectivity index (χ2v) is 4.55. The van der Waals surface area contributed by atoms with Gasteiger partial charge in [-0.25, -0.2) is 0 Å². The fraction of sp³-hybridized carbons (Fsp3) is 0.538. The van der Waals surface area contributed by atoms with Gasteiger partial charge in [0.25, 0.3) is 0 Å². The minimum absolute atomic E-state index is 0.00708. The third-order valence-electron chi connectivity index (χ3n) is 3.71. The SMILES string of the molecule is C/C=C/[C@H]1C2C(=O)N(C)C=CC2[C@@H]1C(=O)OC. The zero-order chi connectivity index (χ0) is 12.6. The van der Waals surface area contributed by atoms with Gasteiger partial charge in [-0.1, -0.05) is 18.2 Å². The van der Waals surface area contributed by atoms with Crippen LogP contribution in [0.5, 0.6) is 0 Å². The third kappa shape index (κ3) is 1.68. The highest BCUT2D eigenvalue weighted by Crippen LogP contribution is 2.50. The van der Waals surface area contributed by atoms with Crippen LogP contribution < -0.4 is 0 Å². The van der Waals surface area contributed by atoms with Gasteiger partial charge < -0.3 is 9.64 Å². The Hall–Kier alpha value is -1.58. The minimum Gasteiger partial charge on any atom is -0.469 e. The van der Waals surface area contributed by atoms with Crippen LogP contribution in [0.2, 0.25) is 0 Å². The Morgan fingerprint density at radius 2 is 2.24 bits per heavy atom. The molecule has 1 aliphatic carbocycles. The number of carbonyl (C=O) groups is 2. The molecular formula is C13H17NO3. The van der Waals surface area contributed by atoms with E-state index in [4.69, 9.17) is 4.74 Å². The van der Waals surface area contributed by atoms with E-state index in [9.17, 15) is 9.59 Å². The first-order chi connectivity index (χ1) is 8.11. The van der Waals surface area contributed by atoms with Crippen molar-refractivity contribution in [2.45, 2.75) is 6.92 Å². The molecule has 0 aromatic carbocycles. The van der Waals surface area contributed by atoms with Gasteiger partial charge >= 0.3 is 5.97 Å². The van der Waals surface area contributed by atoms with Crippen molar-refractivity contribution in [3.05, 3.63) is 24.4 Å². The van der Waals surface area contributed by atoms with Gasteiger partial charge in [0.05, 0.1) is 18.9 Å². The van der Waals surface area contributed by atoms with Crippen molar-refractivity contribution in [2.75, 3.05) is 14.2 Å². The lowest BCUT2D eigenvalue weighted by atomic mass is 9.55. The summed E-state index contributed by atoms with van der Waals surface area (Å²) in [5.41, 5.74) is 0. The largest absolute Gasteiger partial charge is 0.469 e. The Labute approximate surface area is 101 Å². The predicted molar refractivity (Wildman–Crippen MR) is 62.7 cm³/mol. The highest BCUT2D eigenvalue weighted by Gasteiger charge is 2.57. The molecule has 4 nitrogen and oxygen atoms in total. The van der Waals surface area contributed by atoms with Gasteiger partial charge in [-0.05, 0) is 6.92 Å². The molecule has 0 aromatic rings. The van der Waals surface area contributed by atoms with E-state index in [0.717, 1.165) is 0 Å². The molecule has 1 amide bonds. The van der Waals surface area contributed by atoms with Gasteiger partial charge in [0.15, 0.2) is 0 Å². The maximum absolute atomic E-state index is 12.0. The molecule has 0 radical (unpaired) electrons. The summed E-state index contributed by atoms with van der Waals surface area (Å²) < 4.78 is 4.81. The van der Waals surface area contributed by atoms with E-state index in [2.05, 4.69) is 0 Å². The van der Waals surface area contributed by atoms with Crippen LogP contribution in [0, 0.1) is 23.7 Å². The predicted octanol–water partition coefficient (Wildman–Crippen LogP) is 1.20. The average Bonchev–Trinajstić information content (AvgIpc) is 2.30. The van der Waals surface area contributed by atoms with Gasteiger partial charge in [-0.15, -0.1) is 0 Å². The van der Waals surface area contributed by atoms with Gasteiger partial charge in [-0.3, -0.25) is 9.59 Å². The number of hydrogen-bond acceptors (Lipinski definition) is 3. The molecule has 0 N–H and O–H groups in total. The molecule has 1 saturated carbocycles. The highest BCUT2D eigenvalue weighted by atomic mass is 16.5.